The molecule has 2 atom stereocenters. The van der Waals surface area contributed by atoms with E-state index in [9.17, 15) is 9.90 Å². The number of aryl methyl sites for hydroxylation is 1. The van der Waals surface area contributed by atoms with Crippen LogP contribution in [0.3, 0.4) is 0 Å². The number of piperazine rings is 1. The van der Waals surface area contributed by atoms with Gasteiger partial charge in [-0.2, -0.15) is 0 Å². The van der Waals surface area contributed by atoms with Crippen LogP contribution in [0.2, 0.25) is 0 Å². The van der Waals surface area contributed by atoms with Crippen molar-refractivity contribution in [2.24, 2.45) is 0 Å². The Morgan fingerprint density at radius 2 is 2.22 bits per heavy atom. The van der Waals surface area contributed by atoms with Gasteiger partial charge in [-0.1, -0.05) is 12.1 Å². The number of nitrogens with zero attached hydrogens (tertiary/aromatic N) is 2. The molecule has 1 aromatic rings. The molecule has 128 valence electrons. The lowest BCUT2D eigenvalue weighted by Gasteiger charge is -2.40. The number of para-hydroxylation sites is 1. The first-order valence-electron chi connectivity index (χ1n) is 8.04. The van der Waals surface area contributed by atoms with Gasteiger partial charge in [-0.15, -0.1) is 11.8 Å². The van der Waals surface area contributed by atoms with Crippen LogP contribution >= 0.6 is 11.8 Å². The number of nitrogens with one attached hydrogen (secondary N) is 1. The van der Waals surface area contributed by atoms with E-state index in [1.54, 1.807) is 18.7 Å². The summed E-state index contributed by atoms with van der Waals surface area (Å²) in [5.41, 5.74) is 1.98. The highest BCUT2D eigenvalue weighted by Crippen LogP contribution is 2.29. The molecule has 0 saturated carbocycles. The molecule has 2 amide bonds. The highest BCUT2D eigenvalue weighted by atomic mass is 32.2. The minimum atomic E-state index is -0.335. The number of hydrogen-bond donors (Lipinski definition) is 2. The predicted molar refractivity (Wildman–Crippen MR) is 96.3 cm³/mol. The second kappa shape index (κ2) is 8.04. The van der Waals surface area contributed by atoms with E-state index in [1.165, 1.54) is 0 Å². The molecule has 0 bridgehead atoms. The first-order valence-corrected chi connectivity index (χ1v) is 9.26. The molecule has 0 aromatic heterocycles. The van der Waals surface area contributed by atoms with Crippen LogP contribution < -0.4 is 5.32 Å². The minimum Gasteiger partial charge on any atom is -0.392 e. The molecule has 23 heavy (non-hydrogen) atoms. The fraction of sp³-hybridized carbons (Fsp3) is 0.588. The molecule has 0 spiro atoms. The molecule has 0 unspecified atom stereocenters. The summed E-state index contributed by atoms with van der Waals surface area (Å²) < 4.78 is 0. The first kappa shape index (κ1) is 18.1. The van der Waals surface area contributed by atoms with Crippen LogP contribution in [-0.2, 0) is 0 Å². The molecular weight excluding hydrogens is 310 g/mol. The molecule has 0 radical (unpaired) electrons. The minimum absolute atomic E-state index is 0.0428. The number of rotatable bonds is 4. The topological polar surface area (TPSA) is 55.8 Å². The second-order valence-electron chi connectivity index (χ2n) is 6.23. The highest BCUT2D eigenvalue weighted by Gasteiger charge is 2.28. The first-order chi connectivity index (χ1) is 10.9. The molecule has 1 aromatic carbocycles. The lowest BCUT2D eigenvalue weighted by molar-refractivity contribution is 0.0691. The van der Waals surface area contributed by atoms with Crippen LogP contribution in [0.1, 0.15) is 19.4 Å². The van der Waals surface area contributed by atoms with Gasteiger partial charge in [-0.25, -0.2) is 4.79 Å². The summed E-state index contributed by atoms with van der Waals surface area (Å²) >= 11 is 1.64. The average molecular weight is 337 g/mol. The van der Waals surface area contributed by atoms with Gasteiger partial charge in [0.05, 0.1) is 11.8 Å². The van der Waals surface area contributed by atoms with E-state index in [1.807, 2.05) is 36.3 Å². The quantitative estimate of drug-likeness (QED) is 0.830. The number of carbonyl (C=O) groups is 1. The third-order valence-corrected chi connectivity index (χ3v) is 4.96. The normalized spacial score (nSPS) is 20.4. The van der Waals surface area contributed by atoms with E-state index in [0.29, 0.717) is 13.1 Å². The Labute approximate surface area is 143 Å². The third kappa shape index (κ3) is 4.62. The van der Waals surface area contributed by atoms with Gasteiger partial charge >= 0.3 is 6.03 Å². The zero-order valence-electron chi connectivity index (χ0n) is 14.4. The van der Waals surface area contributed by atoms with Gasteiger partial charge in [0.2, 0.25) is 0 Å². The zero-order chi connectivity index (χ0) is 17.0. The lowest BCUT2D eigenvalue weighted by Crippen LogP contribution is -2.56. The van der Waals surface area contributed by atoms with E-state index in [-0.39, 0.29) is 18.2 Å². The number of aliphatic hydroxyl groups excluding tert-OH is 1. The number of amides is 2. The third-order valence-electron chi connectivity index (χ3n) is 4.18. The van der Waals surface area contributed by atoms with Crippen LogP contribution in [-0.4, -0.2) is 65.5 Å². The maximum atomic E-state index is 12.7. The van der Waals surface area contributed by atoms with E-state index in [2.05, 4.69) is 17.1 Å². The van der Waals surface area contributed by atoms with Gasteiger partial charge in [0, 0.05) is 37.1 Å². The van der Waals surface area contributed by atoms with E-state index in [0.717, 1.165) is 29.2 Å². The average Bonchev–Trinajstić information content (AvgIpc) is 2.48. The van der Waals surface area contributed by atoms with Gasteiger partial charge in [0.15, 0.2) is 0 Å². The van der Waals surface area contributed by atoms with Crippen molar-refractivity contribution in [3.63, 3.8) is 0 Å². The summed E-state index contributed by atoms with van der Waals surface area (Å²) in [6.45, 7) is 8.80. The van der Waals surface area contributed by atoms with Gasteiger partial charge in [0.1, 0.15) is 0 Å². The van der Waals surface area contributed by atoms with Crippen LogP contribution in [0.5, 0.6) is 0 Å². The summed E-state index contributed by atoms with van der Waals surface area (Å²) in [5, 5.41) is 12.6. The zero-order valence-corrected chi connectivity index (χ0v) is 15.2. The number of benzene rings is 1. The number of anilines is 1. The van der Waals surface area contributed by atoms with Crippen molar-refractivity contribution in [3.8, 4) is 0 Å². The molecular formula is C17H27N3O2S. The fourth-order valence-electron chi connectivity index (χ4n) is 3.02. The van der Waals surface area contributed by atoms with Crippen molar-refractivity contribution in [2.45, 2.75) is 37.8 Å². The molecule has 2 rings (SSSR count). The summed E-state index contributed by atoms with van der Waals surface area (Å²) in [7, 11) is 0. The molecule has 5 nitrogen and oxygen atoms in total. The van der Waals surface area contributed by atoms with Crippen molar-refractivity contribution in [1.29, 1.82) is 0 Å². The predicted octanol–water partition coefficient (Wildman–Crippen LogP) is 2.64. The van der Waals surface area contributed by atoms with Gasteiger partial charge < -0.3 is 15.3 Å². The van der Waals surface area contributed by atoms with Gasteiger partial charge in [-0.05, 0) is 38.7 Å². The van der Waals surface area contributed by atoms with E-state index in [4.69, 9.17) is 0 Å². The Morgan fingerprint density at radius 1 is 1.48 bits per heavy atom. The van der Waals surface area contributed by atoms with Gasteiger partial charge in [-0.3, -0.25) is 4.90 Å². The number of aliphatic hydroxyl groups is 1. The number of β-amino-alcohol motifs (C(OH)–C–C–N with tert-alkyl or cyclic N) is 1. The number of hydrogen-bond acceptors (Lipinski definition) is 4. The maximum absolute atomic E-state index is 12.7. The SMILES string of the molecule is CSc1cccc(C)c1NC(=O)N1CCN(C[C@H](C)O)C[C@H]1C. The maximum Gasteiger partial charge on any atom is 0.322 e. The van der Waals surface area contributed by atoms with Gasteiger partial charge in [0.25, 0.3) is 0 Å². The smallest absolute Gasteiger partial charge is 0.322 e. The second-order valence-corrected chi connectivity index (χ2v) is 7.08. The molecule has 2 N–H and O–H groups in total. The highest BCUT2D eigenvalue weighted by molar-refractivity contribution is 7.98. The standard InChI is InChI=1S/C17H27N3O2S/c1-12-6-5-7-15(23-4)16(12)18-17(22)20-9-8-19(10-13(20)2)11-14(3)21/h5-7,13-14,21H,8-11H2,1-4H3,(H,18,22)/t13-,14+/m1/s1. The van der Waals surface area contributed by atoms with Crippen LogP contribution in [0.4, 0.5) is 10.5 Å². The number of thioether (sulfide) groups is 1. The van der Waals surface area contributed by atoms with Crippen LogP contribution in [0.25, 0.3) is 0 Å². The molecule has 0 aliphatic carbocycles. The molecule has 1 saturated heterocycles. The molecule has 1 heterocycles. The van der Waals surface area contributed by atoms with E-state index < -0.39 is 0 Å². The van der Waals surface area contributed by atoms with Crippen LogP contribution in [0.15, 0.2) is 23.1 Å². The van der Waals surface area contributed by atoms with Crippen molar-refractivity contribution in [3.05, 3.63) is 23.8 Å². The largest absolute Gasteiger partial charge is 0.392 e. The monoisotopic (exact) mass is 337 g/mol. The van der Waals surface area contributed by atoms with Crippen molar-refractivity contribution in [1.82, 2.24) is 9.80 Å². The molecule has 1 aliphatic rings. The van der Waals surface area contributed by atoms with Crippen LogP contribution in [0, 0.1) is 6.92 Å². The molecule has 6 heteroatoms. The van der Waals surface area contributed by atoms with Crippen molar-refractivity contribution in [2.75, 3.05) is 37.8 Å². The fourth-order valence-corrected chi connectivity index (χ4v) is 3.65. The summed E-state index contributed by atoms with van der Waals surface area (Å²) in [6.07, 6.45) is 1.68. The Morgan fingerprint density at radius 3 is 2.83 bits per heavy atom. The van der Waals surface area contributed by atoms with E-state index >= 15 is 0 Å². The molecule has 1 aliphatic heterocycles. The van der Waals surface area contributed by atoms with Crippen molar-refractivity contribution >= 4 is 23.5 Å². The Balaban J connectivity index is 2.02. The number of carbonyl (C=O) groups excluding carboxylic acids is 1. The Kier molecular flexibility index (Phi) is 6.33. The Bertz CT molecular complexity index is 551. The molecule has 1 fully saturated rings. The summed E-state index contributed by atoms with van der Waals surface area (Å²) in [4.78, 5) is 17.8. The summed E-state index contributed by atoms with van der Waals surface area (Å²) in [5.74, 6) is 0. The van der Waals surface area contributed by atoms with Crippen molar-refractivity contribution < 1.29 is 9.90 Å². The summed E-state index contributed by atoms with van der Waals surface area (Å²) in [6, 6.07) is 6.13. The lowest BCUT2D eigenvalue weighted by atomic mass is 10.1. The number of urea groups is 1. The Hall–Kier alpha value is -1.24.